The number of fused-ring (bicyclic) bond motifs is 5. The van der Waals surface area contributed by atoms with Gasteiger partial charge in [-0.05, 0) is 316 Å². The predicted octanol–water partition coefficient (Wildman–Crippen LogP) is 19.8. The Hall–Kier alpha value is -8.96. The molecule has 1 aliphatic rings. The van der Waals surface area contributed by atoms with Gasteiger partial charge in [-0.2, -0.15) is 0 Å². The first-order chi connectivity index (χ1) is 59.0. The molecule has 3 aromatic carbocycles. The zero-order valence-corrected chi connectivity index (χ0v) is 83.9. The molecule has 0 amide bonds. The molecule has 15 aromatic rings. The maximum absolute atomic E-state index is 8.66. The average Bonchev–Trinajstić information content (AvgIpc) is 1.69. The summed E-state index contributed by atoms with van der Waals surface area (Å²) in [4.78, 5) is 51.5. The fourth-order valence-corrected chi connectivity index (χ4v) is 15.8. The molecule has 6 N–H and O–H groups in total. The molecule has 1 saturated heterocycles. The summed E-state index contributed by atoms with van der Waals surface area (Å²) in [5.74, 6) is 4.12. The van der Waals surface area contributed by atoms with Gasteiger partial charge in [-0.3, -0.25) is 27.6 Å². The van der Waals surface area contributed by atoms with Crippen LogP contribution in [0.4, 0.5) is 11.6 Å². The molecule has 646 valence electrons. The number of imidazole rings is 5. The number of aryl methyl sites for hydroxylation is 2. The third kappa shape index (κ3) is 27.5. The van der Waals surface area contributed by atoms with Crippen LogP contribution < -0.4 is 36.0 Å². The van der Waals surface area contributed by atoms with Crippen molar-refractivity contribution in [3.8, 4) is 28.5 Å². The Bertz CT molecular complexity index is 6160. The number of allylic oxidation sites excluding steroid dienone is 4. The van der Waals surface area contributed by atoms with Gasteiger partial charge in [0.25, 0.3) is 0 Å². The van der Waals surface area contributed by atoms with E-state index in [0.717, 1.165) is 187 Å². The monoisotopic (exact) mass is 2230 g/mol. The second-order valence-electron chi connectivity index (χ2n) is 29.0. The first-order valence-electron chi connectivity index (χ1n) is 38.4. The lowest BCUT2D eigenvalue weighted by Crippen LogP contribution is -2.41. The first-order valence-corrected chi connectivity index (χ1v) is 45.0. The third-order valence-corrected chi connectivity index (χ3v) is 22.6. The molecule has 0 radical (unpaired) electrons. The largest absolute Gasteiger partial charge is 0.497 e. The molecule has 37 heteroatoms. The molecule has 0 atom stereocenters. The number of rotatable bonds is 19. The third-order valence-electron chi connectivity index (χ3n) is 18.7. The number of nitrogens with two attached hydrogens (primary N) is 1. The number of ether oxygens (including phenoxy) is 3. The van der Waals surface area contributed by atoms with Crippen molar-refractivity contribution in [1.29, 1.82) is 0 Å². The Morgan fingerprint density at radius 3 is 1.31 bits per heavy atom. The minimum Gasteiger partial charge on any atom is -0.497 e. The zero-order chi connectivity index (χ0) is 90.3. The molecule has 1 aliphatic heterocycles. The Labute approximate surface area is 794 Å². The summed E-state index contributed by atoms with van der Waals surface area (Å²) < 4.78 is 43.0. The highest BCUT2D eigenvalue weighted by Crippen LogP contribution is 2.38. The minimum atomic E-state index is -1.41. The average molecular weight is 2240 g/mol. The molecule has 124 heavy (non-hydrogen) atoms. The summed E-state index contributed by atoms with van der Waals surface area (Å²) in [5, 5.41) is 24.2. The van der Waals surface area contributed by atoms with Crippen molar-refractivity contribution < 1.29 is 33.6 Å². The van der Waals surface area contributed by atoms with Crippen LogP contribution in [0.2, 0.25) is 0 Å². The molecule has 0 bridgehead atoms. The van der Waals surface area contributed by atoms with Crippen LogP contribution in [0.5, 0.6) is 17.2 Å². The molecular formula is C87H94B2Br7IN20O7. The number of methoxy groups -OCH3 is 3. The maximum atomic E-state index is 8.66. The van der Waals surface area contributed by atoms with Gasteiger partial charge in [0, 0.05) is 92.3 Å². The van der Waals surface area contributed by atoms with Crippen molar-refractivity contribution in [3.05, 3.63) is 290 Å². The number of nitrogens with zero attached hydrogens (tertiary/aromatic N) is 17. The summed E-state index contributed by atoms with van der Waals surface area (Å²) in [7, 11) is 3.36. The number of benzene rings is 3. The fraction of sp³-hybridized carbons (Fsp3) is 0.241. The van der Waals surface area contributed by atoms with Crippen molar-refractivity contribution in [3.63, 3.8) is 0 Å². The number of anilines is 2. The predicted molar refractivity (Wildman–Crippen MR) is 529 cm³/mol. The summed E-state index contributed by atoms with van der Waals surface area (Å²) in [6.07, 6.45) is 29.8. The van der Waals surface area contributed by atoms with Crippen molar-refractivity contribution in [2.45, 2.75) is 99.7 Å². The van der Waals surface area contributed by atoms with Gasteiger partial charge >= 0.3 is 14.2 Å². The molecule has 0 aliphatic carbocycles. The Kier molecular flexibility index (Phi) is 37.1. The van der Waals surface area contributed by atoms with Gasteiger partial charge in [0.1, 0.15) is 39.4 Å². The quantitative estimate of drug-likeness (QED) is 0.0371. The van der Waals surface area contributed by atoms with Crippen molar-refractivity contribution in [2.24, 2.45) is 5.73 Å². The van der Waals surface area contributed by atoms with Gasteiger partial charge in [0.2, 0.25) is 0 Å². The lowest BCUT2D eigenvalue weighted by atomic mass is 9.81. The number of nitrogens with one attached hydrogen (secondary N) is 2. The number of halogens is 8. The zero-order valence-electron chi connectivity index (χ0n) is 70.6. The lowest BCUT2D eigenvalue weighted by Gasteiger charge is -2.32. The van der Waals surface area contributed by atoms with Gasteiger partial charge in [-0.15, -0.1) is 6.58 Å². The van der Waals surface area contributed by atoms with E-state index in [1.165, 1.54) is 22.9 Å². The van der Waals surface area contributed by atoms with Crippen LogP contribution in [0.1, 0.15) is 100 Å². The van der Waals surface area contributed by atoms with Crippen LogP contribution in [-0.4, -0.2) is 158 Å². The van der Waals surface area contributed by atoms with Gasteiger partial charge in [-0.25, -0.2) is 49.8 Å². The van der Waals surface area contributed by atoms with E-state index in [1.54, 1.807) is 52.2 Å². The maximum Gasteiger partial charge on any atom is 0.490 e. The molecule has 0 spiro atoms. The van der Waals surface area contributed by atoms with E-state index in [2.05, 4.69) is 256 Å². The van der Waals surface area contributed by atoms with Gasteiger partial charge < -0.3 is 54.3 Å². The minimum absolute atomic E-state index is 0.239. The highest BCUT2D eigenvalue weighted by Gasteiger charge is 2.51. The number of aromatic nitrogens is 17. The van der Waals surface area contributed by atoms with E-state index in [1.807, 2.05) is 202 Å². The van der Waals surface area contributed by atoms with E-state index in [0.29, 0.717) is 12.0 Å². The summed E-state index contributed by atoms with van der Waals surface area (Å²) in [5.41, 5.74) is 23.7. The number of pyridine rings is 2. The van der Waals surface area contributed by atoms with Gasteiger partial charge in [-0.1, -0.05) is 67.7 Å². The van der Waals surface area contributed by atoms with Crippen molar-refractivity contribution in [1.82, 2.24) is 81.8 Å². The molecule has 0 saturated carbocycles. The Morgan fingerprint density at radius 1 is 0.492 bits per heavy atom. The first kappa shape index (κ1) is 98.8. The van der Waals surface area contributed by atoms with Gasteiger partial charge in [0.15, 0.2) is 53.7 Å². The molecule has 16 rings (SSSR count). The van der Waals surface area contributed by atoms with E-state index >= 15 is 0 Å². The molecule has 13 heterocycles. The van der Waals surface area contributed by atoms with Crippen LogP contribution >= 0.6 is 134 Å². The van der Waals surface area contributed by atoms with E-state index < -0.39 is 7.12 Å². The van der Waals surface area contributed by atoms with Gasteiger partial charge in [0.05, 0.1) is 80.1 Å². The normalized spacial score (nSPS) is 12.1. The second kappa shape index (κ2) is 46.5. The van der Waals surface area contributed by atoms with Crippen LogP contribution in [0.3, 0.4) is 0 Å². The number of hydrogen-bond acceptors (Lipinski definition) is 22. The topological polar surface area (TPSA) is 313 Å². The van der Waals surface area contributed by atoms with Crippen molar-refractivity contribution in [2.75, 3.05) is 51.6 Å². The fourth-order valence-electron chi connectivity index (χ4n) is 11.6. The highest BCUT2D eigenvalue weighted by atomic mass is 127. The van der Waals surface area contributed by atoms with Crippen LogP contribution in [0.15, 0.2) is 242 Å². The number of hydrogen-bond donors (Lipinski definition) is 5. The van der Waals surface area contributed by atoms with E-state index in [-0.39, 0.29) is 18.3 Å². The van der Waals surface area contributed by atoms with Crippen LogP contribution in [0, 0.1) is 17.5 Å². The molecule has 1 fully saturated rings. The molecular weight excluding hydrogens is 2140 g/mol. The summed E-state index contributed by atoms with van der Waals surface area (Å²) in [6.45, 7) is 37.8. The highest BCUT2D eigenvalue weighted by molar-refractivity contribution is 14.1. The van der Waals surface area contributed by atoms with E-state index in [9.17, 15) is 0 Å². The molecule has 0 unspecified atom stereocenters. The van der Waals surface area contributed by atoms with Crippen LogP contribution in [-0.2, 0) is 28.6 Å². The standard InChI is InChI=1S/C24H25N5O.C18H19BrN4O.C9H17BO2.C9H7Br2N3.C9H13NO.C6H8BNO2.C6H2Br2IN3.C6H3Br2N3/c1-16(2)22-14-27-24-23(26-10-9-18-5-7-20(30-4)8-6-18)28-21(15-29(22)24)19-11-17(3)12-25-13-19;1-12(2)15-10-21-18-17(22-16(19)11-23(15)18)20-9-8-13-4-6-14(24-3)7-5-13;1-7(2)10-11-8(3,4)9(5,6)12-10;1-5(2)6-3-12-9-8(11)13-7(10)4-14(6)9;1-11-9-4-2-8(3-5-9)6-7-10;1-5-2-6(7(9)10)4-8-3-5;7-3-2-12-4(9)1-10-6(12)5(8)11-3;7-4-3-11-2-1-9-6(11)5(8)10-4/h5-8,11-15H,1,9-10H2,2-4H3,(H,26,28);4-7,10-11H,1,8-9H2,2-3H3,(H,20,22);1H2,2-6H3;3-4H,1H2,2H3;2-5H,6-7,10H2,1H3;2-4,9-10H,1H3;1-2H;1-3H. The van der Waals surface area contributed by atoms with E-state index in [4.69, 9.17) is 44.3 Å². The van der Waals surface area contributed by atoms with Crippen molar-refractivity contribution >= 4 is 210 Å². The Morgan fingerprint density at radius 2 is 0.887 bits per heavy atom. The summed E-state index contributed by atoms with van der Waals surface area (Å²) >= 11 is 25.6. The second-order valence-corrected chi connectivity index (χ2v) is 35.6. The SMILES string of the molecule is Brc1cn2c(I)cnc2c(Br)n1.Brc1cn2ccnc2c(Br)n1.C=C(C)B1OC(C)(C)C(C)(C)O1.C=C(C)c1cnc2c(Br)nc(Br)cn12.C=C(C)c1cnc2c(NCCc3ccc(OC)cc3)nc(-c3cncc(C)c3)cn12.C=C(C)c1cnc2c(NCCc3ccc(OC)cc3)nc(Br)cn12.COc1ccc(CCN)cc1.Cc1cncc(B(O)O)c1. The molecule has 12 aromatic heterocycles. The lowest BCUT2D eigenvalue weighted by molar-refractivity contribution is 0.00578. The summed E-state index contributed by atoms with van der Waals surface area (Å²) in [6, 6.07) is 27.9. The smallest absolute Gasteiger partial charge is 0.490 e. The van der Waals surface area contributed by atoms with Crippen LogP contribution in [0.25, 0.3) is 56.2 Å². The Balaban J connectivity index is 0.000000167. The molecule has 27 nitrogen and oxygen atoms in total.